The number of ketones is 1. The maximum atomic E-state index is 13.4. The van der Waals surface area contributed by atoms with Crippen LogP contribution in [0.3, 0.4) is 0 Å². The van der Waals surface area contributed by atoms with E-state index in [1.807, 2.05) is 30.3 Å². The highest BCUT2D eigenvalue weighted by Crippen LogP contribution is 2.44. The number of anilines is 1. The number of Topliss-reactive ketones (excluding diaryl/α,β-unsaturated/α-hetero) is 1. The number of amides is 1. The average Bonchev–Trinajstić information content (AvgIpc) is 3.03. The largest absolute Gasteiger partial charge is 0.490 e. The lowest BCUT2D eigenvalue weighted by molar-refractivity contribution is -0.385. The first-order valence-electron chi connectivity index (χ1n) is 10.5. The molecule has 0 aliphatic carbocycles. The van der Waals surface area contributed by atoms with Crippen LogP contribution in [0.5, 0.6) is 5.75 Å². The summed E-state index contributed by atoms with van der Waals surface area (Å²) in [5, 5.41) is 22.9. The van der Waals surface area contributed by atoms with Crippen molar-refractivity contribution in [3.05, 3.63) is 98.0 Å². The quantitative estimate of drug-likeness (QED) is 0.265. The van der Waals surface area contributed by atoms with E-state index in [4.69, 9.17) is 4.74 Å². The highest BCUT2D eigenvalue weighted by Gasteiger charge is 2.51. The normalized spacial score (nSPS) is 16.9. The van der Waals surface area contributed by atoms with Crippen molar-refractivity contribution < 1.29 is 24.4 Å². The van der Waals surface area contributed by atoms with E-state index in [0.29, 0.717) is 28.7 Å². The van der Waals surface area contributed by atoms with Gasteiger partial charge in [-0.15, -0.1) is 0 Å². The highest BCUT2D eigenvalue weighted by atomic mass is 79.9. The van der Waals surface area contributed by atoms with Crippen molar-refractivity contribution in [1.29, 1.82) is 0 Å². The molecule has 1 heterocycles. The number of carbonyl (C=O) groups excluding carboxylic acids is 2. The molecule has 34 heavy (non-hydrogen) atoms. The minimum atomic E-state index is -2.10. The molecule has 0 saturated heterocycles. The van der Waals surface area contributed by atoms with Crippen LogP contribution in [0.25, 0.3) is 0 Å². The van der Waals surface area contributed by atoms with Gasteiger partial charge in [0.15, 0.2) is 17.1 Å². The Bertz CT molecular complexity index is 1280. The molecule has 4 rings (SSSR count). The van der Waals surface area contributed by atoms with E-state index in [1.54, 1.807) is 18.2 Å². The Morgan fingerprint density at radius 3 is 2.56 bits per heavy atom. The molecule has 1 aliphatic heterocycles. The van der Waals surface area contributed by atoms with Gasteiger partial charge in [0.05, 0.1) is 24.1 Å². The molecular weight excluding hydrogens is 504 g/mol. The standard InChI is InChI=1S/C25H21BrN2O6/c1-34-23-10-7-17(13-21(23)28(32)33)22(29)15-25(31)19-14-18(26)8-9-20(19)27(24(25)30)12-11-16-5-3-2-4-6-16/h2-10,13-14,31H,11-12,15H2,1H3. The van der Waals surface area contributed by atoms with Crippen LogP contribution in [-0.4, -0.2) is 35.4 Å². The number of fused-ring (bicyclic) bond motifs is 1. The maximum absolute atomic E-state index is 13.4. The van der Waals surface area contributed by atoms with Crippen LogP contribution >= 0.6 is 15.9 Å². The monoisotopic (exact) mass is 524 g/mol. The molecule has 1 amide bonds. The van der Waals surface area contributed by atoms with E-state index in [2.05, 4.69) is 15.9 Å². The summed E-state index contributed by atoms with van der Waals surface area (Å²) in [6.45, 7) is 0.321. The van der Waals surface area contributed by atoms with Crippen molar-refractivity contribution in [3.8, 4) is 5.75 Å². The van der Waals surface area contributed by atoms with Gasteiger partial charge < -0.3 is 14.7 Å². The molecule has 3 aromatic rings. The summed E-state index contributed by atoms with van der Waals surface area (Å²) in [5.41, 5.74) is -0.581. The zero-order chi connectivity index (χ0) is 24.5. The van der Waals surface area contributed by atoms with E-state index in [1.165, 1.54) is 24.1 Å². The average molecular weight is 525 g/mol. The molecule has 0 fully saturated rings. The van der Waals surface area contributed by atoms with Crippen molar-refractivity contribution in [2.45, 2.75) is 18.4 Å². The summed E-state index contributed by atoms with van der Waals surface area (Å²) in [6.07, 6.45) is 0.0113. The summed E-state index contributed by atoms with van der Waals surface area (Å²) >= 11 is 3.37. The van der Waals surface area contributed by atoms with E-state index in [9.17, 15) is 24.8 Å². The molecule has 0 bridgehead atoms. The van der Waals surface area contributed by atoms with Crippen molar-refractivity contribution in [3.63, 3.8) is 0 Å². The van der Waals surface area contributed by atoms with Crippen LogP contribution in [0, 0.1) is 10.1 Å². The number of ether oxygens (including phenoxy) is 1. The summed E-state index contributed by atoms with van der Waals surface area (Å²) < 4.78 is 5.63. The van der Waals surface area contributed by atoms with Crippen molar-refractivity contribution in [2.75, 3.05) is 18.6 Å². The number of carbonyl (C=O) groups is 2. The van der Waals surface area contributed by atoms with Crippen LogP contribution in [0.1, 0.15) is 27.9 Å². The molecule has 0 radical (unpaired) electrons. The van der Waals surface area contributed by atoms with Crippen molar-refractivity contribution >= 4 is 39.0 Å². The highest BCUT2D eigenvalue weighted by molar-refractivity contribution is 9.10. The minimum Gasteiger partial charge on any atom is -0.490 e. The number of benzene rings is 3. The zero-order valence-electron chi connectivity index (χ0n) is 18.2. The number of nitro benzene ring substituents is 1. The number of hydrogen-bond donors (Lipinski definition) is 1. The number of aliphatic hydroxyl groups is 1. The van der Waals surface area contributed by atoms with Crippen LogP contribution in [0.15, 0.2) is 71.2 Å². The van der Waals surface area contributed by atoms with Gasteiger partial charge in [0, 0.05) is 28.2 Å². The third-order valence-electron chi connectivity index (χ3n) is 5.87. The van der Waals surface area contributed by atoms with E-state index in [0.717, 1.165) is 11.6 Å². The molecule has 8 nitrogen and oxygen atoms in total. The van der Waals surface area contributed by atoms with E-state index < -0.39 is 28.6 Å². The Hall–Kier alpha value is -3.56. The lowest BCUT2D eigenvalue weighted by atomic mass is 9.88. The lowest BCUT2D eigenvalue weighted by Crippen LogP contribution is -2.42. The molecule has 1 aliphatic rings. The van der Waals surface area contributed by atoms with E-state index in [-0.39, 0.29) is 17.0 Å². The molecule has 9 heteroatoms. The molecule has 0 saturated carbocycles. The van der Waals surface area contributed by atoms with Gasteiger partial charge in [0.2, 0.25) is 0 Å². The molecule has 1 atom stereocenters. The van der Waals surface area contributed by atoms with Gasteiger partial charge >= 0.3 is 5.69 Å². The van der Waals surface area contributed by atoms with Crippen LogP contribution < -0.4 is 9.64 Å². The summed E-state index contributed by atoms with van der Waals surface area (Å²) in [4.78, 5) is 38.7. The number of hydrogen-bond acceptors (Lipinski definition) is 6. The Morgan fingerprint density at radius 1 is 1.15 bits per heavy atom. The Balaban J connectivity index is 1.65. The SMILES string of the molecule is COc1ccc(C(=O)CC2(O)C(=O)N(CCc3ccccc3)c3ccc(Br)cc32)cc1[N+](=O)[O-]. The van der Waals surface area contributed by atoms with Crippen LogP contribution in [0.2, 0.25) is 0 Å². The number of rotatable bonds is 8. The van der Waals surface area contributed by atoms with Gasteiger partial charge in [-0.05, 0) is 42.3 Å². The predicted octanol–water partition coefficient (Wildman–Crippen LogP) is 4.42. The van der Waals surface area contributed by atoms with Gasteiger partial charge in [-0.3, -0.25) is 19.7 Å². The van der Waals surface area contributed by atoms with Gasteiger partial charge in [-0.2, -0.15) is 0 Å². The van der Waals surface area contributed by atoms with Gasteiger partial charge in [0.1, 0.15) is 0 Å². The second-order valence-electron chi connectivity index (χ2n) is 7.96. The third-order valence-corrected chi connectivity index (χ3v) is 6.37. The first-order valence-corrected chi connectivity index (χ1v) is 11.3. The summed E-state index contributed by atoms with van der Waals surface area (Å²) in [5.74, 6) is -1.19. The minimum absolute atomic E-state index is 0.00741. The van der Waals surface area contributed by atoms with Gasteiger partial charge in [-0.1, -0.05) is 46.3 Å². The van der Waals surface area contributed by atoms with E-state index >= 15 is 0 Å². The Labute approximate surface area is 204 Å². The topological polar surface area (TPSA) is 110 Å². The number of halogens is 1. The second-order valence-corrected chi connectivity index (χ2v) is 8.87. The third kappa shape index (κ3) is 4.32. The molecule has 1 N–H and O–H groups in total. The van der Waals surface area contributed by atoms with Crippen molar-refractivity contribution in [2.24, 2.45) is 0 Å². The fraction of sp³-hybridized carbons (Fsp3) is 0.200. The Kier molecular flexibility index (Phi) is 6.49. The molecular formula is C25H21BrN2O6. The first-order chi connectivity index (χ1) is 16.2. The second kappa shape index (κ2) is 9.36. The number of methoxy groups -OCH3 is 1. The first kappa shape index (κ1) is 23.6. The molecule has 0 spiro atoms. The number of nitrogens with zero attached hydrogens (tertiary/aromatic N) is 2. The maximum Gasteiger partial charge on any atom is 0.311 e. The van der Waals surface area contributed by atoms with Gasteiger partial charge in [-0.25, -0.2) is 0 Å². The van der Waals surface area contributed by atoms with Crippen molar-refractivity contribution in [1.82, 2.24) is 0 Å². The molecule has 174 valence electrons. The van der Waals surface area contributed by atoms with Crippen LogP contribution in [0.4, 0.5) is 11.4 Å². The zero-order valence-corrected chi connectivity index (χ0v) is 19.8. The van der Waals surface area contributed by atoms with Gasteiger partial charge in [0.25, 0.3) is 5.91 Å². The lowest BCUT2D eigenvalue weighted by Gasteiger charge is -2.23. The summed E-state index contributed by atoms with van der Waals surface area (Å²) in [6, 6.07) is 18.6. The van der Waals surface area contributed by atoms with Crippen LogP contribution in [-0.2, 0) is 16.8 Å². The fourth-order valence-electron chi connectivity index (χ4n) is 4.14. The Morgan fingerprint density at radius 2 is 1.88 bits per heavy atom. The smallest absolute Gasteiger partial charge is 0.311 e. The molecule has 1 unspecified atom stereocenters. The predicted molar refractivity (Wildman–Crippen MR) is 129 cm³/mol. The molecule has 0 aromatic heterocycles. The number of nitro groups is 1. The molecule has 3 aromatic carbocycles. The summed E-state index contributed by atoms with van der Waals surface area (Å²) in [7, 11) is 1.29. The fourth-order valence-corrected chi connectivity index (χ4v) is 4.50.